The molecule has 2 rings (SSSR count). The lowest BCUT2D eigenvalue weighted by Gasteiger charge is -2.13. The van der Waals surface area contributed by atoms with Gasteiger partial charge >= 0.3 is 0 Å². The average molecular weight is 277 g/mol. The number of carbonyl (C=O) groups excluding carboxylic acids is 1. The Bertz CT molecular complexity index is 511. The van der Waals surface area contributed by atoms with Crippen molar-refractivity contribution in [2.75, 3.05) is 13.3 Å². The zero-order valence-electron chi connectivity index (χ0n) is 11.6. The number of hydrogen-bond donors (Lipinski definition) is 2. The maximum atomic E-state index is 11.6. The van der Waals surface area contributed by atoms with Crippen LogP contribution in [0.4, 0.5) is 0 Å². The number of rotatable bonds is 5. The van der Waals surface area contributed by atoms with Gasteiger partial charge in [0.1, 0.15) is 0 Å². The van der Waals surface area contributed by atoms with Crippen LogP contribution in [0, 0.1) is 5.92 Å². The van der Waals surface area contributed by atoms with Gasteiger partial charge in [0.25, 0.3) is 0 Å². The van der Waals surface area contributed by atoms with E-state index < -0.39 is 6.10 Å². The summed E-state index contributed by atoms with van der Waals surface area (Å²) in [7, 11) is 0. The normalized spacial score (nSPS) is 14.8. The van der Waals surface area contributed by atoms with E-state index in [1.807, 2.05) is 32.0 Å². The smallest absolute Gasteiger partial charge is 0.244 e. The summed E-state index contributed by atoms with van der Waals surface area (Å²) in [4.78, 5) is 11.6. The summed E-state index contributed by atoms with van der Waals surface area (Å²) in [5.41, 5.74) is 0.855. The number of benzene rings is 1. The number of ether oxygens (including phenoxy) is 2. The Morgan fingerprint density at radius 3 is 2.90 bits per heavy atom. The second-order valence-corrected chi connectivity index (χ2v) is 5.00. The highest BCUT2D eigenvalue weighted by molar-refractivity contribution is 5.91. The first-order chi connectivity index (χ1) is 9.56. The summed E-state index contributed by atoms with van der Waals surface area (Å²) in [5.74, 6) is 1.28. The van der Waals surface area contributed by atoms with Crippen molar-refractivity contribution in [2.45, 2.75) is 20.0 Å². The number of hydrogen-bond acceptors (Lipinski definition) is 4. The molecule has 1 atom stereocenters. The van der Waals surface area contributed by atoms with E-state index in [4.69, 9.17) is 9.47 Å². The van der Waals surface area contributed by atoms with Crippen LogP contribution in [0.2, 0.25) is 0 Å². The molecule has 0 aromatic heterocycles. The molecule has 0 spiro atoms. The highest BCUT2D eigenvalue weighted by Gasteiger charge is 2.12. The van der Waals surface area contributed by atoms with E-state index in [9.17, 15) is 9.90 Å². The minimum Gasteiger partial charge on any atom is -0.454 e. The molecule has 108 valence electrons. The van der Waals surface area contributed by atoms with Gasteiger partial charge in [-0.2, -0.15) is 0 Å². The molecule has 0 saturated heterocycles. The second kappa shape index (κ2) is 6.43. The van der Waals surface area contributed by atoms with Crippen molar-refractivity contribution in [3.8, 4) is 11.5 Å². The molecule has 0 bridgehead atoms. The lowest BCUT2D eigenvalue weighted by atomic mass is 10.1. The Balaban J connectivity index is 1.87. The van der Waals surface area contributed by atoms with Gasteiger partial charge < -0.3 is 19.9 Å². The van der Waals surface area contributed by atoms with Gasteiger partial charge in [0.15, 0.2) is 11.5 Å². The number of carbonyl (C=O) groups is 1. The lowest BCUT2D eigenvalue weighted by molar-refractivity contribution is -0.117. The maximum absolute atomic E-state index is 11.6. The van der Waals surface area contributed by atoms with E-state index in [1.54, 1.807) is 6.08 Å². The van der Waals surface area contributed by atoms with Gasteiger partial charge in [-0.05, 0) is 29.7 Å². The van der Waals surface area contributed by atoms with Crippen LogP contribution in [0.1, 0.15) is 19.4 Å². The highest BCUT2D eigenvalue weighted by atomic mass is 16.7. The van der Waals surface area contributed by atoms with E-state index in [1.165, 1.54) is 6.08 Å². The predicted octanol–water partition coefficient (Wildman–Crippen LogP) is 1.56. The summed E-state index contributed by atoms with van der Waals surface area (Å²) in [6, 6.07) is 5.47. The largest absolute Gasteiger partial charge is 0.454 e. The summed E-state index contributed by atoms with van der Waals surface area (Å²) in [5, 5.41) is 12.3. The number of amides is 1. The predicted molar refractivity (Wildman–Crippen MR) is 75.5 cm³/mol. The number of fused-ring (bicyclic) bond motifs is 1. The molecule has 5 heteroatoms. The third-order valence-corrected chi connectivity index (χ3v) is 3.08. The summed E-state index contributed by atoms with van der Waals surface area (Å²) < 4.78 is 10.5. The van der Waals surface area contributed by atoms with Crippen molar-refractivity contribution in [3.63, 3.8) is 0 Å². The lowest BCUT2D eigenvalue weighted by Crippen LogP contribution is -2.33. The van der Waals surface area contributed by atoms with Gasteiger partial charge in [-0.1, -0.05) is 19.9 Å². The van der Waals surface area contributed by atoms with E-state index in [2.05, 4.69) is 5.32 Å². The zero-order valence-corrected chi connectivity index (χ0v) is 11.6. The van der Waals surface area contributed by atoms with Crippen molar-refractivity contribution >= 4 is 12.0 Å². The maximum Gasteiger partial charge on any atom is 0.244 e. The van der Waals surface area contributed by atoms with Crippen LogP contribution in [0.15, 0.2) is 24.3 Å². The summed E-state index contributed by atoms with van der Waals surface area (Å²) >= 11 is 0. The molecule has 20 heavy (non-hydrogen) atoms. The van der Waals surface area contributed by atoms with Gasteiger partial charge in [-0.15, -0.1) is 0 Å². The van der Waals surface area contributed by atoms with Crippen LogP contribution in [0.3, 0.4) is 0 Å². The topological polar surface area (TPSA) is 67.8 Å². The zero-order chi connectivity index (χ0) is 14.5. The standard InChI is InChI=1S/C15H19NO4/c1-10(2)12(17)8-16-15(18)6-4-11-3-5-13-14(7-11)20-9-19-13/h3-7,10,12,17H,8-9H2,1-2H3,(H,16,18)/b6-4+. The first-order valence-electron chi connectivity index (χ1n) is 6.60. The molecule has 1 unspecified atom stereocenters. The molecule has 1 aliphatic rings. The van der Waals surface area contributed by atoms with Gasteiger partial charge in [-0.3, -0.25) is 4.79 Å². The van der Waals surface area contributed by atoms with Crippen LogP contribution < -0.4 is 14.8 Å². The van der Waals surface area contributed by atoms with Gasteiger partial charge in [0, 0.05) is 12.6 Å². The minimum atomic E-state index is -0.530. The fourth-order valence-electron chi connectivity index (χ4n) is 1.69. The third-order valence-electron chi connectivity index (χ3n) is 3.08. The number of nitrogens with one attached hydrogen (secondary N) is 1. The monoisotopic (exact) mass is 277 g/mol. The molecular formula is C15H19NO4. The van der Waals surface area contributed by atoms with E-state index in [0.29, 0.717) is 11.5 Å². The molecule has 1 aromatic rings. The number of aliphatic hydroxyl groups is 1. The fraction of sp³-hybridized carbons (Fsp3) is 0.400. The third kappa shape index (κ3) is 3.74. The molecule has 1 amide bonds. The molecule has 0 saturated carbocycles. The molecule has 0 aliphatic carbocycles. The SMILES string of the molecule is CC(C)C(O)CNC(=O)/C=C/c1ccc2c(c1)OCO2. The van der Waals surface area contributed by atoms with Crippen LogP contribution in [-0.2, 0) is 4.79 Å². The Kier molecular flexibility index (Phi) is 4.63. The van der Waals surface area contributed by atoms with E-state index in [0.717, 1.165) is 5.56 Å². The van der Waals surface area contributed by atoms with Crippen LogP contribution in [-0.4, -0.2) is 30.5 Å². The first kappa shape index (κ1) is 14.4. The summed E-state index contributed by atoms with van der Waals surface area (Å²) in [6.45, 7) is 4.29. The minimum absolute atomic E-state index is 0.119. The summed E-state index contributed by atoms with van der Waals surface area (Å²) in [6.07, 6.45) is 2.60. The van der Waals surface area contributed by atoms with Crippen LogP contribution >= 0.6 is 0 Å². The molecule has 5 nitrogen and oxygen atoms in total. The van der Waals surface area contributed by atoms with Gasteiger partial charge in [0.05, 0.1) is 6.10 Å². The van der Waals surface area contributed by atoms with Crippen molar-refractivity contribution in [3.05, 3.63) is 29.8 Å². The van der Waals surface area contributed by atoms with Crippen molar-refractivity contribution in [1.82, 2.24) is 5.32 Å². The molecule has 0 radical (unpaired) electrons. The van der Waals surface area contributed by atoms with Crippen LogP contribution in [0.5, 0.6) is 11.5 Å². The molecule has 0 fully saturated rings. The quantitative estimate of drug-likeness (QED) is 0.802. The Morgan fingerprint density at radius 2 is 2.15 bits per heavy atom. The molecule has 2 N–H and O–H groups in total. The van der Waals surface area contributed by atoms with Crippen molar-refractivity contribution in [1.29, 1.82) is 0 Å². The Hall–Kier alpha value is -2.01. The molecule has 1 aromatic carbocycles. The molecule has 1 heterocycles. The van der Waals surface area contributed by atoms with Crippen LogP contribution in [0.25, 0.3) is 6.08 Å². The fourth-order valence-corrected chi connectivity index (χ4v) is 1.69. The first-order valence-corrected chi connectivity index (χ1v) is 6.60. The Morgan fingerprint density at radius 1 is 1.40 bits per heavy atom. The van der Waals surface area contributed by atoms with Gasteiger partial charge in [0.2, 0.25) is 12.7 Å². The second-order valence-electron chi connectivity index (χ2n) is 5.00. The van der Waals surface area contributed by atoms with Gasteiger partial charge in [-0.25, -0.2) is 0 Å². The molecule has 1 aliphatic heterocycles. The van der Waals surface area contributed by atoms with E-state index in [-0.39, 0.29) is 25.2 Å². The average Bonchev–Trinajstić information content (AvgIpc) is 2.89. The molecular weight excluding hydrogens is 258 g/mol. The number of aliphatic hydroxyl groups excluding tert-OH is 1. The van der Waals surface area contributed by atoms with Crippen molar-refractivity contribution < 1.29 is 19.4 Å². The highest BCUT2D eigenvalue weighted by Crippen LogP contribution is 2.32. The Labute approximate surface area is 118 Å². The van der Waals surface area contributed by atoms with Crippen molar-refractivity contribution in [2.24, 2.45) is 5.92 Å². The van der Waals surface area contributed by atoms with E-state index >= 15 is 0 Å².